The van der Waals surface area contributed by atoms with Crippen LogP contribution < -0.4 is 0 Å². The van der Waals surface area contributed by atoms with E-state index in [0.29, 0.717) is 17.9 Å². The molecule has 2 aliphatic carbocycles. The zero-order chi connectivity index (χ0) is 19.4. The van der Waals surface area contributed by atoms with Crippen molar-refractivity contribution in [3.8, 4) is 0 Å². The van der Waals surface area contributed by atoms with Crippen molar-refractivity contribution in [2.45, 2.75) is 71.1 Å². The highest BCUT2D eigenvalue weighted by atomic mass is 19.3. The molecule has 0 saturated heterocycles. The fourth-order valence-corrected chi connectivity index (χ4v) is 5.10. The summed E-state index contributed by atoms with van der Waals surface area (Å²) in [5.74, 6) is 1.45. The van der Waals surface area contributed by atoms with Crippen LogP contribution in [-0.2, 0) is 6.42 Å². The van der Waals surface area contributed by atoms with Crippen LogP contribution in [-0.4, -0.2) is 0 Å². The average molecular weight is 382 g/mol. The summed E-state index contributed by atoms with van der Waals surface area (Å²) >= 11 is 0. The smallest absolute Gasteiger partial charge is 0.206 e. The molecule has 0 bridgehead atoms. The van der Waals surface area contributed by atoms with Gasteiger partial charge in [-0.1, -0.05) is 32.6 Å². The molecule has 0 nitrogen and oxygen atoms in total. The minimum absolute atomic E-state index is 0.252. The first-order valence-corrected chi connectivity index (χ1v) is 10.4. The van der Waals surface area contributed by atoms with E-state index in [0.717, 1.165) is 24.2 Å². The lowest BCUT2D eigenvalue weighted by Gasteiger charge is -2.37. The van der Waals surface area contributed by atoms with Gasteiger partial charge in [-0.25, -0.2) is 8.78 Å². The maximum Gasteiger partial charge on any atom is 0.271 e. The molecule has 0 amide bonds. The van der Waals surface area contributed by atoms with Crippen LogP contribution in [0.15, 0.2) is 18.2 Å². The molecule has 27 heavy (non-hydrogen) atoms. The molecule has 150 valence electrons. The molecular weight excluding hydrogens is 352 g/mol. The summed E-state index contributed by atoms with van der Waals surface area (Å²) < 4.78 is 52.4. The summed E-state index contributed by atoms with van der Waals surface area (Å²) in [6.45, 7) is 2.36. The molecule has 0 aromatic heterocycles. The third-order valence-electron chi connectivity index (χ3n) is 6.85. The third-order valence-corrected chi connectivity index (χ3v) is 6.85. The summed E-state index contributed by atoms with van der Waals surface area (Å²) in [5.41, 5.74) is -0.0918. The van der Waals surface area contributed by atoms with Gasteiger partial charge in [0.15, 0.2) is 0 Å². The molecule has 0 aliphatic heterocycles. The van der Waals surface area contributed by atoms with Gasteiger partial charge in [0.25, 0.3) is 6.08 Å². The Hall–Kier alpha value is -1.32. The first kappa shape index (κ1) is 20.4. The third kappa shape index (κ3) is 5.58. The van der Waals surface area contributed by atoms with Crippen molar-refractivity contribution in [3.63, 3.8) is 0 Å². The monoisotopic (exact) mass is 382 g/mol. The highest BCUT2D eigenvalue weighted by molar-refractivity contribution is 5.52. The highest BCUT2D eigenvalue weighted by Gasteiger charge is 2.29. The Morgan fingerprint density at radius 3 is 1.93 bits per heavy atom. The van der Waals surface area contributed by atoms with Gasteiger partial charge in [-0.15, -0.1) is 0 Å². The van der Waals surface area contributed by atoms with E-state index < -0.39 is 23.3 Å². The predicted octanol–water partition coefficient (Wildman–Crippen LogP) is 7.77. The largest absolute Gasteiger partial charge is 0.271 e. The molecule has 0 unspecified atom stereocenters. The quantitative estimate of drug-likeness (QED) is 0.456. The van der Waals surface area contributed by atoms with E-state index in [1.54, 1.807) is 0 Å². The first-order valence-electron chi connectivity index (χ1n) is 10.4. The fraction of sp³-hybridized carbons (Fsp3) is 0.652. The molecule has 0 atom stereocenters. The van der Waals surface area contributed by atoms with E-state index >= 15 is 0 Å². The van der Waals surface area contributed by atoms with Crippen molar-refractivity contribution in [2.24, 2.45) is 23.7 Å². The fourth-order valence-electron chi connectivity index (χ4n) is 5.10. The Morgan fingerprint density at radius 2 is 1.41 bits per heavy atom. The molecule has 3 rings (SSSR count). The van der Waals surface area contributed by atoms with E-state index in [2.05, 4.69) is 6.92 Å². The molecule has 4 heteroatoms. The van der Waals surface area contributed by atoms with Gasteiger partial charge in [0.1, 0.15) is 11.6 Å². The molecule has 2 fully saturated rings. The lowest BCUT2D eigenvalue weighted by atomic mass is 9.69. The molecule has 1 aromatic carbocycles. The summed E-state index contributed by atoms with van der Waals surface area (Å²) in [7, 11) is 0. The van der Waals surface area contributed by atoms with Crippen LogP contribution in [0.2, 0.25) is 0 Å². The lowest BCUT2D eigenvalue weighted by Crippen LogP contribution is -2.25. The summed E-state index contributed by atoms with van der Waals surface area (Å²) in [6, 6.07) is 2.40. The zero-order valence-electron chi connectivity index (χ0n) is 16.1. The molecular formula is C23H30F4. The number of halogens is 4. The van der Waals surface area contributed by atoms with Gasteiger partial charge < -0.3 is 0 Å². The molecule has 0 heterocycles. The SMILES string of the molecule is CC1CCC(C2CCC(CCc3cc(F)c(C=C(F)F)c(F)c3)CC2)CC1. The second-order valence-corrected chi connectivity index (χ2v) is 8.75. The molecule has 2 aliphatic rings. The maximum atomic E-state index is 13.9. The van der Waals surface area contributed by atoms with Crippen molar-refractivity contribution in [2.75, 3.05) is 0 Å². The summed E-state index contributed by atoms with van der Waals surface area (Å²) in [4.78, 5) is 0. The highest BCUT2D eigenvalue weighted by Crippen LogP contribution is 2.42. The number of rotatable bonds is 5. The van der Waals surface area contributed by atoms with Crippen LogP contribution in [0.25, 0.3) is 6.08 Å². The van der Waals surface area contributed by atoms with Crippen molar-refractivity contribution in [1.29, 1.82) is 0 Å². The lowest BCUT2D eigenvalue weighted by molar-refractivity contribution is 0.148. The molecule has 2 saturated carbocycles. The Bertz CT molecular complexity index is 623. The van der Waals surface area contributed by atoms with E-state index in [1.807, 2.05) is 0 Å². The van der Waals surface area contributed by atoms with Crippen LogP contribution in [0.1, 0.15) is 75.8 Å². The molecule has 1 aromatic rings. The predicted molar refractivity (Wildman–Crippen MR) is 101 cm³/mol. The van der Waals surface area contributed by atoms with Gasteiger partial charge in [-0.3, -0.25) is 0 Å². The summed E-state index contributed by atoms with van der Waals surface area (Å²) in [6.07, 6.45) is 10.2. The second-order valence-electron chi connectivity index (χ2n) is 8.75. The van der Waals surface area contributed by atoms with Crippen LogP contribution >= 0.6 is 0 Å². The minimum Gasteiger partial charge on any atom is -0.206 e. The topological polar surface area (TPSA) is 0 Å². The van der Waals surface area contributed by atoms with E-state index in [4.69, 9.17) is 0 Å². The van der Waals surface area contributed by atoms with Gasteiger partial charge in [0, 0.05) is 6.08 Å². The zero-order valence-corrected chi connectivity index (χ0v) is 16.1. The Kier molecular flexibility index (Phi) is 6.99. The average Bonchev–Trinajstić information content (AvgIpc) is 2.64. The van der Waals surface area contributed by atoms with Crippen LogP contribution in [0.5, 0.6) is 0 Å². The molecule has 0 radical (unpaired) electrons. The second kappa shape index (κ2) is 9.25. The van der Waals surface area contributed by atoms with Crippen molar-refractivity contribution >= 4 is 6.08 Å². The Morgan fingerprint density at radius 1 is 0.889 bits per heavy atom. The van der Waals surface area contributed by atoms with Crippen molar-refractivity contribution in [3.05, 3.63) is 41.0 Å². The van der Waals surface area contributed by atoms with E-state index in [-0.39, 0.29) is 6.08 Å². The van der Waals surface area contributed by atoms with Gasteiger partial charge >= 0.3 is 0 Å². The number of hydrogen-bond donors (Lipinski definition) is 0. The normalized spacial score (nSPS) is 28.8. The van der Waals surface area contributed by atoms with Crippen LogP contribution in [0, 0.1) is 35.3 Å². The first-order chi connectivity index (χ1) is 12.9. The standard InChI is InChI=1S/C23H30F4/c1-15-2-8-18(9-3-15)19-10-6-16(7-11-19)4-5-17-12-21(24)20(14-23(26)27)22(25)13-17/h12-16,18-19H,2-11H2,1H3. The number of benzene rings is 1. The van der Waals surface area contributed by atoms with Gasteiger partial charge in [-0.05, 0) is 79.9 Å². The Labute approximate surface area is 160 Å². The van der Waals surface area contributed by atoms with Crippen LogP contribution in [0.3, 0.4) is 0 Å². The van der Waals surface area contributed by atoms with Gasteiger partial charge in [-0.2, -0.15) is 8.78 Å². The minimum atomic E-state index is -2.09. The maximum absolute atomic E-state index is 13.9. The van der Waals surface area contributed by atoms with Gasteiger partial charge in [0.2, 0.25) is 0 Å². The summed E-state index contributed by atoms with van der Waals surface area (Å²) in [5, 5.41) is 0. The number of aryl methyl sites for hydroxylation is 1. The van der Waals surface area contributed by atoms with Crippen LogP contribution in [0.4, 0.5) is 17.6 Å². The number of hydrogen-bond acceptors (Lipinski definition) is 0. The van der Waals surface area contributed by atoms with Crippen molar-refractivity contribution < 1.29 is 17.6 Å². The van der Waals surface area contributed by atoms with Gasteiger partial charge in [0.05, 0.1) is 5.56 Å². The molecule has 0 spiro atoms. The molecule has 0 N–H and O–H groups in total. The van der Waals surface area contributed by atoms with E-state index in [9.17, 15) is 17.6 Å². The van der Waals surface area contributed by atoms with Crippen molar-refractivity contribution in [1.82, 2.24) is 0 Å². The Balaban J connectivity index is 1.48. The van der Waals surface area contributed by atoms with E-state index in [1.165, 1.54) is 63.5 Å².